The molecule has 2 rings (SSSR count). The average molecular weight is 275 g/mol. The monoisotopic (exact) mass is 275 g/mol. The lowest BCUT2D eigenvalue weighted by Gasteiger charge is -2.17. The van der Waals surface area contributed by atoms with Crippen molar-refractivity contribution in [2.24, 2.45) is 0 Å². The van der Waals surface area contributed by atoms with E-state index in [1.165, 1.54) is 0 Å². The molecule has 0 bridgehead atoms. The lowest BCUT2D eigenvalue weighted by molar-refractivity contribution is -0.128. The second kappa shape index (κ2) is 6.41. The van der Waals surface area contributed by atoms with Gasteiger partial charge in [-0.1, -0.05) is 25.1 Å². The van der Waals surface area contributed by atoms with Gasteiger partial charge < -0.3 is 16.0 Å². The van der Waals surface area contributed by atoms with Crippen molar-refractivity contribution in [1.82, 2.24) is 10.6 Å². The molecule has 0 aliphatic carbocycles. The number of fused-ring (bicyclic) bond motifs is 1. The van der Waals surface area contributed by atoms with Gasteiger partial charge in [0.1, 0.15) is 12.1 Å². The van der Waals surface area contributed by atoms with Crippen molar-refractivity contribution >= 4 is 17.5 Å². The van der Waals surface area contributed by atoms with E-state index in [2.05, 4.69) is 16.0 Å². The molecule has 0 saturated heterocycles. The van der Waals surface area contributed by atoms with Gasteiger partial charge in [0.2, 0.25) is 11.8 Å². The van der Waals surface area contributed by atoms with E-state index in [4.69, 9.17) is 0 Å². The Balaban J connectivity index is 1.86. The van der Waals surface area contributed by atoms with Gasteiger partial charge in [0.15, 0.2) is 0 Å². The number of nitrogens with one attached hydrogen (secondary N) is 3. The number of amides is 2. The highest BCUT2D eigenvalue weighted by Crippen LogP contribution is 2.25. The summed E-state index contributed by atoms with van der Waals surface area (Å²) >= 11 is 0. The first kappa shape index (κ1) is 14.4. The van der Waals surface area contributed by atoms with Crippen molar-refractivity contribution in [1.29, 1.82) is 0 Å². The lowest BCUT2D eigenvalue weighted by Crippen LogP contribution is -2.49. The van der Waals surface area contributed by atoms with Crippen LogP contribution in [0.5, 0.6) is 0 Å². The molecule has 1 aliphatic heterocycles. The lowest BCUT2D eigenvalue weighted by atomic mass is 10.1. The molecule has 3 N–H and O–H groups in total. The van der Waals surface area contributed by atoms with Crippen molar-refractivity contribution in [3.8, 4) is 0 Å². The highest BCUT2D eigenvalue weighted by Gasteiger charge is 2.28. The summed E-state index contributed by atoms with van der Waals surface area (Å²) in [7, 11) is 0. The van der Waals surface area contributed by atoms with Crippen LogP contribution in [0.4, 0.5) is 5.69 Å². The molecule has 2 amide bonds. The summed E-state index contributed by atoms with van der Waals surface area (Å²) in [5.74, 6) is -0.281. The Bertz CT molecular complexity index is 477. The van der Waals surface area contributed by atoms with Crippen molar-refractivity contribution in [3.63, 3.8) is 0 Å². The minimum atomic E-state index is -0.514. The smallest absolute Gasteiger partial charge is 0.243 e. The summed E-state index contributed by atoms with van der Waals surface area (Å²) in [6.45, 7) is 4.32. The van der Waals surface area contributed by atoms with Crippen LogP contribution in [0.2, 0.25) is 0 Å². The van der Waals surface area contributed by atoms with Crippen LogP contribution in [0.15, 0.2) is 24.3 Å². The number of carbonyl (C=O) groups excluding carboxylic acids is 2. The van der Waals surface area contributed by atoms with Crippen LogP contribution >= 0.6 is 0 Å². The Morgan fingerprint density at radius 2 is 2.15 bits per heavy atom. The molecule has 2 unspecified atom stereocenters. The fourth-order valence-corrected chi connectivity index (χ4v) is 2.24. The molecule has 1 aromatic rings. The van der Waals surface area contributed by atoms with E-state index in [0.717, 1.165) is 17.7 Å². The van der Waals surface area contributed by atoms with Gasteiger partial charge in [-0.3, -0.25) is 9.59 Å². The first-order valence-electron chi connectivity index (χ1n) is 7.04. The van der Waals surface area contributed by atoms with Gasteiger partial charge in [-0.15, -0.1) is 0 Å². The number of anilines is 1. The van der Waals surface area contributed by atoms with E-state index in [-0.39, 0.29) is 17.9 Å². The largest absolute Gasteiger partial charge is 0.373 e. The third kappa shape index (κ3) is 3.29. The highest BCUT2D eigenvalue weighted by molar-refractivity contribution is 5.92. The topological polar surface area (TPSA) is 70.2 Å². The summed E-state index contributed by atoms with van der Waals surface area (Å²) in [5.41, 5.74) is 2.13. The maximum atomic E-state index is 12.1. The Morgan fingerprint density at radius 1 is 1.40 bits per heavy atom. The summed E-state index contributed by atoms with van der Waals surface area (Å²) < 4.78 is 0. The third-order valence-corrected chi connectivity index (χ3v) is 3.39. The van der Waals surface area contributed by atoms with E-state index < -0.39 is 6.04 Å². The molecule has 2 atom stereocenters. The standard InChI is InChI=1S/C15H21N3O2/c1-3-8-16-14(19)10(2)17-15(20)13-9-11-6-4-5-7-12(11)18-13/h4-7,10,13,18H,3,8-9H2,1-2H3,(H,16,19)(H,17,20). The van der Waals surface area contributed by atoms with Gasteiger partial charge in [0, 0.05) is 18.7 Å². The second-order valence-electron chi connectivity index (χ2n) is 5.08. The predicted octanol–water partition coefficient (Wildman–Crippen LogP) is 1.05. The van der Waals surface area contributed by atoms with Gasteiger partial charge in [0.25, 0.3) is 0 Å². The molecule has 20 heavy (non-hydrogen) atoms. The van der Waals surface area contributed by atoms with Crippen LogP contribution in [0.1, 0.15) is 25.8 Å². The third-order valence-electron chi connectivity index (χ3n) is 3.39. The van der Waals surface area contributed by atoms with Crippen LogP contribution in [-0.4, -0.2) is 30.4 Å². The van der Waals surface area contributed by atoms with Crippen LogP contribution in [0, 0.1) is 0 Å². The normalized spacial score (nSPS) is 17.8. The molecule has 108 valence electrons. The van der Waals surface area contributed by atoms with E-state index in [1.54, 1.807) is 6.92 Å². The van der Waals surface area contributed by atoms with Crippen molar-refractivity contribution < 1.29 is 9.59 Å². The van der Waals surface area contributed by atoms with Gasteiger partial charge in [-0.25, -0.2) is 0 Å². The summed E-state index contributed by atoms with van der Waals surface area (Å²) in [6, 6.07) is 7.05. The molecule has 1 aromatic carbocycles. The summed E-state index contributed by atoms with van der Waals surface area (Å²) in [4.78, 5) is 23.9. The van der Waals surface area contributed by atoms with Crippen molar-refractivity contribution in [3.05, 3.63) is 29.8 Å². The van der Waals surface area contributed by atoms with Crippen LogP contribution < -0.4 is 16.0 Å². The van der Waals surface area contributed by atoms with E-state index >= 15 is 0 Å². The fraction of sp³-hybridized carbons (Fsp3) is 0.467. The van der Waals surface area contributed by atoms with Gasteiger partial charge >= 0.3 is 0 Å². The Hall–Kier alpha value is -2.04. The van der Waals surface area contributed by atoms with E-state index in [1.807, 2.05) is 31.2 Å². The van der Waals surface area contributed by atoms with Crippen molar-refractivity contribution in [2.75, 3.05) is 11.9 Å². The highest BCUT2D eigenvalue weighted by atomic mass is 16.2. The number of carbonyl (C=O) groups is 2. The Kier molecular flexibility index (Phi) is 4.61. The van der Waals surface area contributed by atoms with Gasteiger partial charge in [-0.2, -0.15) is 0 Å². The zero-order chi connectivity index (χ0) is 14.5. The Labute approximate surface area is 119 Å². The SMILES string of the molecule is CCCNC(=O)C(C)NC(=O)C1Cc2ccccc2N1. The molecule has 0 fully saturated rings. The Morgan fingerprint density at radius 3 is 2.85 bits per heavy atom. The quantitative estimate of drug-likeness (QED) is 0.752. The maximum absolute atomic E-state index is 12.1. The number of rotatable bonds is 5. The molecule has 0 aromatic heterocycles. The molecule has 0 spiro atoms. The van der Waals surface area contributed by atoms with Crippen LogP contribution in [0.3, 0.4) is 0 Å². The first-order valence-corrected chi connectivity index (χ1v) is 7.04. The molecule has 1 heterocycles. The van der Waals surface area contributed by atoms with Gasteiger partial charge in [0.05, 0.1) is 0 Å². The second-order valence-corrected chi connectivity index (χ2v) is 5.08. The molecule has 1 aliphatic rings. The van der Waals surface area contributed by atoms with Gasteiger partial charge in [-0.05, 0) is 25.0 Å². The molecular formula is C15H21N3O2. The molecule has 5 nitrogen and oxygen atoms in total. The van der Waals surface area contributed by atoms with Crippen LogP contribution in [-0.2, 0) is 16.0 Å². The molecule has 5 heteroatoms. The summed E-state index contributed by atoms with van der Waals surface area (Å²) in [5, 5.41) is 8.70. The number of para-hydroxylation sites is 1. The minimum Gasteiger partial charge on any atom is -0.373 e. The first-order chi connectivity index (χ1) is 9.61. The van der Waals surface area contributed by atoms with Crippen molar-refractivity contribution in [2.45, 2.75) is 38.8 Å². The number of benzene rings is 1. The van der Waals surface area contributed by atoms with E-state index in [9.17, 15) is 9.59 Å². The van der Waals surface area contributed by atoms with E-state index in [0.29, 0.717) is 13.0 Å². The predicted molar refractivity (Wildman–Crippen MR) is 78.5 cm³/mol. The zero-order valence-corrected chi connectivity index (χ0v) is 11.9. The van der Waals surface area contributed by atoms with Crippen LogP contribution in [0.25, 0.3) is 0 Å². The number of hydrogen-bond acceptors (Lipinski definition) is 3. The summed E-state index contributed by atoms with van der Waals surface area (Å²) in [6.07, 6.45) is 1.54. The fourth-order valence-electron chi connectivity index (χ4n) is 2.24. The molecule has 0 saturated carbocycles. The molecule has 0 radical (unpaired) electrons. The minimum absolute atomic E-state index is 0.139. The maximum Gasteiger partial charge on any atom is 0.243 e. The number of hydrogen-bond donors (Lipinski definition) is 3. The average Bonchev–Trinajstić information content (AvgIpc) is 2.88. The zero-order valence-electron chi connectivity index (χ0n) is 11.9. The molecular weight excluding hydrogens is 254 g/mol.